The maximum absolute atomic E-state index is 11.6. The fraction of sp³-hybridized carbons (Fsp3) is 0.650. The normalized spacial score (nSPS) is 13.9. The smallest absolute Gasteiger partial charge is 0.146 e. The van der Waals surface area contributed by atoms with E-state index in [1.807, 2.05) is 13.8 Å². The number of rotatable bonds is 12. The molecule has 2 atom stereocenters. The molecule has 0 spiro atoms. The molecule has 0 aliphatic rings. The second-order valence-electron chi connectivity index (χ2n) is 6.97. The standard InChI is InChI=1S/C20H34N2O2/c1-15(2)22-19(17(4)23)8-6-14-21-20(24)9-5-7-18-12-10-16(3)11-13-18/h10-13,15,19-22,24H,5-9,14H2,1-4H3. The van der Waals surface area contributed by atoms with Crippen molar-refractivity contribution in [1.29, 1.82) is 0 Å². The molecule has 0 aliphatic heterocycles. The molecule has 0 aliphatic carbocycles. The number of nitrogens with one attached hydrogen (secondary N) is 2. The van der Waals surface area contributed by atoms with Gasteiger partial charge in [-0.2, -0.15) is 0 Å². The summed E-state index contributed by atoms with van der Waals surface area (Å²) in [7, 11) is 0. The Hall–Kier alpha value is -1.23. The Balaban J connectivity index is 2.13. The molecule has 3 N–H and O–H groups in total. The molecule has 4 heteroatoms. The van der Waals surface area contributed by atoms with Crippen LogP contribution in [0.4, 0.5) is 0 Å². The maximum Gasteiger partial charge on any atom is 0.146 e. The van der Waals surface area contributed by atoms with Gasteiger partial charge in [-0.25, -0.2) is 0 Å². The van der Waals surface area contributed by atoms with Gasteiger partial charge in [0.15, 0.2) is 0 Å². The molecule has 1 rings (SSSR count). The molecule has 0 bridgehead atoms. The topological polar surface area (TPSA) is 61.4 Å². The molecule has 0 aromatic heterocycles. The summed E-state index contributed by atoms with van der Waals surface area (Å²) in [5, 5.41) is 16.4. The second kappa shape index (κ2) is 11.3. The first kappa shape index (κ1) is 20.8. The van der Waals surface area contributed by atoms with Crippen LogP contribution in [-0.2, 0) is 11.2 Å². The molecular weight excluding hydrogens is 300 g/mol. The molecule has 0 saturated carbocycles. The molecule has 0 amide bonds. The molecule has 1 aromatic carbocycles. The first-order valence-corrected chi connectivity index (χ1v) is 9.12. The van der Waals surface area contributed by atoms with E-state index in [1.165, 1.54) is 11.1 Å². The van der Waals surface area contributed by atoms with Gasteiger partial charge < -0.3 is 10.4 Å². The molecule has 4 nitrogen and oxygen atoms in total. The number of Topliss-reactive ketones (excluding diaryl/α,β-unsaturated/α-hetero) is 1. The van der Waals surface area contributed by atoms with E-state index in [2.05, 4.69) is 41.8 Å². The third-order valence-corrected chi connectivity index (χ3v) is 4.14. The van der Waals surface area contributed by atoms with Crippen LogP contribution in [-0.4, -0.2) is 35.7 Å². The largest absolute Gasteiger partial charge is 0.379 e. The van der Waals surface area contributed by atoms with Gasteiger partial charge in [0.1, 0.15) is 12.0 Å². The predicted molar refractivity (Wildman–Crippen MR) is 100 cm³/mol. The first-order valence-electron chi connectivity index (χ1n) is 9.12. The SMILES string of the molecule is CC(=O)C(CCCNC(O)CCCc1ccc(C)cc1)NC(C)C. The Bertz CT molecular complexity index is 471. The van der Waals surface area contributed by atoms with Crippen LogP contribution in [0.25, 0.3) is 0 Å². The zero-order chi connectivity index (χ0) is 17.9. The molecule has 2 unspecified atom stereocenters. The summed E-state index contributed by atoms with van der Waals surface area (Å²) in [5.41, 5.74) is 2.59. The Morgan fingerprint density at radius 2 is 1.79 bits per heavy atom. The van der Waals surface area contributed by atoms with Gasteiger partial charge in [0.2, 0.25) is 0 Å². The number of hydrogen-bond acceptors (Lipinski definition) is 4. The van der Waals surface area contributed by atoms with Gasteiger partial charge in [-0.05, 0) is 58.1 Å². The third-order valence-electron chi connectivity index (χ3n) is 4.14. The van der Waals surface area contributed by atoms with Crippen molar-refractivity contribution in [2.45, 2.75) is 78.1 Å². The summed E-state index contributed by atoms with van der Waals surface area (Å²) in [4.78, 5) is 11.6. The fourth-order valence-electron chi connectivity index (χ4n) is 2.74. The van der Waals surface area contributed by atoms with Gasteiger partial charge in [-0.1, -0.05) is 43.7 Å². The molecule has 0 radical (unpaired) electrons. The van der Waals surface area contributed by atoms with Gasteiger partial charge in [0.25, 0.3) is 0 Å². The molecule has 0 heterocycles. The van der Waals surface area contributed by atoms with E-state index >= 15 is 0 Å². The number of aliphatic hydroxyl groups excluding tert-OH is 1. The highest BCUT2D eigenvalue weighted by atomic mass is 16.3. The lowest BCUT2D eigenvalue weighted by atomic mass is 10.1. The lowest BCUT2D eigenvalue weighted by Crippen LogP contribution is -2.40. The van der Waals surface area contributed by atoms with Gasteiger partial charge in [-0.3, -0.25) is 10.1 Å². The van der Waals surface area contributed by atoms with E-state index in [0.717, 1.165) is 38.6 Å². The summed E-state index contributed by atoms with van der Waals surface area (Å²) in [6, 6.07) is 8.78. The number of carbonyl (C=O) groups excluding carboxylic acids is 1. The van der Waals surface area contributed by atoms with Crippen LogP contribution in [0.15, 0.2) is 24.3 Å². The second-order valence-corrected chi connectivity index (χ2v) is 6.97. The number of hydrogen-bond donors (Lipinski definition) is 3. The van der Waals surface area contributed by atoms with Gasteiger partial charge in [0.05, 0.1) is 6.04 Å². The van der Waals surface area contributed by atoms with Crippen molar-refractivity contribution in [2.75, 3.05) is 6.54 Å². The van der Waals surface area contributed by atoms with Crippen LogP contribution in [0, 0.1) is 6.92 Å². The molecule has 1 aromatic rings. The van der Waals surface area contributed by atoms with Gasteiger partial charge >= 0.3 is 0 Å². The van der Waals surface area contributed by atoms with Crippen molar-refractivity contribution in [3.05, 3.63) is 35.4 Å². The van der Waals surface area contributed by atoms with E-state index < -0.39 is 6.23 Å². The highest BCUT2D eigenvalue weighted by Crippen LogP contribution is 2.08. The van der Waals surface area contributed by atoms with Crippen LogP contribution in [0.3, 0.4) is 0 Å². The Morgan fingerprint density at radius 3 is 2.38 bits per heavy atom. The molecule has 0 fully saturated rings. The minimum Gasteiger partial charge on any atom is -0.379 e. The van der Waals surface area contributed by atoms with Gasteiger partial charge in [0, 0.05) is 6.04 Å². The quantitative estimate of drug-likeness (QED) is 0.406. The Kier molecular flexibility index (Phi) is 9.84. The lowest BCUT2D eigenvalue weighted by Gasteiger charge is -2.19. The van der Waals surface area contributed by atoms with Crippen molar-refractivity contribution in [3.8, 4) is 0 Å². The summed E-state index contributed by atoms with van der Waals surface area (Å²) < 4.78 is 0. The third kappa shape index (κ3) is 9.16. The minimum absolute atomic E-state index is 0.0783. The molecule has 136 valence electrons. The van der Waals surface area contributed by atoms with Crippen LogP contribution < -0.4 is 10.6 Å². The minimum atomic E-state index is -0.468. The van der Waals surface area contributed by atoms with Gasteiger partial charge in [-0.15, -0.1) is 0 Å². The van der Waals surface area contributed by atoms with Crippen LogP contribution >= 0.6 is 0 Å². The molecule has 0 saturated heterocycles. The Labute approximate surface area is 147 Å². The summed E-state index contributed by atoms with van der Waals surface area (Å²) >= 11 is 0. The van der Waals surface area contributed by atoms with Crippen LogP contribution in [0.2, 0.25) is 0 Å². The zero-order valence-electron chi connectivity index (χ0n) is 15.6. The van der Waals surface area contributed by atoms with Crippen molar-refractivity contribution < 1.29 is 9.90 Å². The molecular formula is C20H34N2O2. The zero-order valence-corrected chi connectivity index (χ0v) is 15.6. The average molecular weight is 335 g/mol. The van der Waals surface area contributed by atoms with E-state index in [-0.39, 0.29) is 11.8 Å². The lowest BCUT2D eigenvalue weighted by molar-refractivity contribution is -0.119. The number of aryl methyl sites for hydroxylation is 2. The highest BCUT2D eigenvalue weighted by molar-refractivity contribution is 5.81. The summed E-state index contributed by atoms with van der Waals surface area (Å²) in [6.07, 6.45) is 3.90. The highest BCUT2D eigenvalue weighted by Gasteiger charge is 2.14. The first-order chi connectivity index (χ1) is 11.4. The average Bonchev–Trinajstić information content (AvgIpc) is 2.51. The van der Waals surface area contributed by atoms with E-state index in [4.69, 9.17) is 0 Å². The summed E-state index contributed by atoms with van der Waals surface area (Å²) in [5.74, 6) is 0.183. The van der Waals surface area contributed by atoms with E-state index in [9.17, 15) is 9.90 Å². The van der Waals surface area contributed by atoms with Crippen LogP contribution in [0.1, 0.15) is 57.6 Å². The number of aliphatic hydroxyl groups is 1. The number of benzene rings is 1. The van der Waals surface area contributed by atoms with Crippen LogP contribution in [0.5, 0.6) is 0 Å². The summed E-state index contributed by atoms with van der Waals surface area (Å²) in [6.45, 7) is 8.55. The van der Waals surface area contributed by atoms with Crippen molar-refractivity contribution in [1.82, 2.24) is 10.6 Å². The fourth-order valence-corrected chi connectivity index (χ4v) is 2.74. The number of ketones is 1. The monoisotopic (exact) mass is 334 g/mol. The number of carbonyl (C=O) groups is 1. The maximum atomic E-state index is 11.6. The predicted octanol–water partition coefficient (Wildman–Crippen LogP) is 2.96. The van der Waals surface area contributed by atoms with Crippen molar-refractivity contribution in [2.24, 2.45) is 0 Å². The van der Waals surface area contributed by atoms with Crippen molar-refractivity contribution >= 4 is 5.78 Å². The van der Waals surface area contributed by atoms with E-state index in [0.29, 0.717) is 6.04 Å². The van der Waals surface area contributed by atoms with E-state index in [1.54, 1.807) is 6.92 Å². The molecule has 24 heavy (non-hydrogen) atoms. The Morgan fingerprint density at radius 1 is 1.12 bits per heavy atom. The van der Waals surface area contributed by atoms with Crippen molar-refractivity contribution in [3.63, 3.8) is 0 Å².